The van der Waals surface area contributed by atoms with E-state index in [-0.39, 0.29) is 16.7 Å². The molecular formula is C7H4Cl2F3N. The summed E-state index contributed by atoms with van der Waals surface area (Å²) in [5.41, 5.74) is -0.999. The van der Waals surface area contributed by atoms with Crippen LogP contribution in [0.5, 0.6) is 0 Å². The summed E-state index contributed by atoms with van der Waals surface area (Å²) in [6.45, 7) is 0. The van der Waals surface area contributed by atoms with Gasteiger partial charge in [-0.3, -0.25) is 0 Å². The van der Waals surface area contributed by atoms with E-state index in [1.54, 1.807) is 0 Å². The summed E-state index contributed by atoms with van der Waals surface area (Å²) < 4.78 is 37.3. The van der Waals surface area contributed by atoms with Crippen LogP contribution in [-0.2, 0) is 5.88 Å². The number of rotatable bonds is 2. The fourth-order valence-electron chi connectivity index (χ4n) is 0.874. The standard InChI is InChI=1S/C7H4Cl2F3N/c8-2-4-6(7(11)12)3(10)1-5(9)13-4/h1,7H,2H2. The minimum absolute atomic E-state index is 0.183. The average Bonchev–Trinajstić information content (AvgIpc) is 2.01. The van der Waals surface area contributed by atoms with Crippen molar-refractivity contribution in [2.45, 2.75) is 12.3 Å². The summed E-state index contributed by atoms with van der Waals surface area (Å²) in [5, 5.41) is -0.183. The molecule has 0 atom stereocenters. The topological polar surface area (TPSA) is 12.9 Å². The largest absolute Gasteiger partial charge is 0.268 e. The lowest BCUT2D eigenvalue weighted by Crippen LogP contribution is -2.00. The molecule has 72 valence electrons. The van der Waals surface area contributed by atoms with Gasteiger partial charge in [0.1, 0.15) is 11.0 Å². The van der Waals surface area contributed by atoms with E-state index in [1.807, 2.05) is 0 Å². The molecule has 13 heavy (non-hydrogen) atoms. The highest BCUT2D eigenvalue weighted by molar-refractivity contribution is 6.29. The van der Waals surface area contributed by atoms with E-state index in [2.05, 4.69) is 4.98 Å². The summed E-state index contributed by atoms with van der Waals surface area (Å²) in [5.74, 6) is -1.37. The minimum Gasteiger partial charge on any atom is -0.239 e. The van der Waals surface area contributed by atoms with Gasteiger partial charge in [0.2, 0.25) is 0 Å². The fraction of sp³-hybridized carbons (Fsp3) is 0.286. The van der Waals surface area contributed by atoms with Crippen LogP contribution in [0.25, 0.3) is 0 Å². The molecule has 1 heterocycles. The van der Waals surface area contributed by atoms with Crippen molar-refractivity contribution in [1.82, 2.24) is 4.98 Å². The van der Waals surface area contributed by atoms with Crippen molar-refractivity contribution in [1.29, 1.82) is 0 Å². The molecule has 0 spiro atoms. The first-order chi connectivity index (χ1) is 6.06. The van der Waals surface area contributed by atoms with Crippen LogP contribution in [0, 0.1) is 5.82 Å². The van der Waals surface area contributed by atoms with Crippen LogP contribution >= 0.6 is 23.2 Å². The predicted octanol–water partition coefficient (Wildman–Crippen LogP) is 3.55. The second-order valence-corrected chi connectivity index (χ2v) is 2.88. The van der Waals surface area contributed by atoms with E-state index in [0.29, 0.717) is 0 Å². The Hall–Kier alpha value is -0.480. The summed E-state index contributed by atoms with van der Waals surface area (Å²) in [4.78, 5) is 3.49. The molecule has 0 N–H and O–H groups in total. The van der Waals surface area contributed by atoms with Gasteiger partial charge in [0.15, 0.2) is 0 Å². The number of halogens is 5. The molecule has 0 fully saturated rings. The van der Waals surface area contributed by atoms with Crippen LogP contribution in [0.2, 0.25) is 5.15 Å². The van der Waals surface area contributed by atoms with E-state index >= 15 is 0 Å². The van der Waals surface area contributed by atoms with Gasteiger partial charge in [0.05, 0.1) is 17.1 Å². The zero-order valence-electron chi connectivity index (χ0n) is 6.20. The zero-order valence-corrected chi connectivity index (χ0v) is 7.71. The molecule has 6 heteroatoms. The second kappa shape index (κ2) is 4.15. The first-order valence-corrected chi connectivity index (χ1v) is 4.16. The molecule has 1 nitrogen and oxygen atoms in total. The van der Waals surface area contributed by atoms with E-state index in [1.165, 1.54) is 0 Å². The van der Waals surface area contributed by atoms with Crippen molar-refractivity contribution in [2.24, 2.45) is 0 Å². The summed E-state index contributed by atoms with van der Waals surface area (Å²) >= 11 is 10.6. The molecule has 0 aliphatic rings. The lowest BCUT2D eigenvalue weighted by molar-refractivity contribution is 0.145. The Kier molecular flexibility index (Phi) is 3.39. The van der Waals surface area contributed by atoms with E-state index < -0.39 is 17.8 Å². The van der Waals surface area contributed by atoms with Crippen LogP contribution in [0.1, 0.15) is 17.7 Å². The lowest BCUT2D eigenvalue weighted by Gasteiger charge is -2.06. The molecule has 1 aromatic rings. The maximum atomic E-state index is 12.9. The summed E-state index contributed by atoms with van der Waals surface area (Å²) in [6, 6.07) is 0.735. The molecule has 0 saturated heterocycles. The van der Waals surface area contributed by atoms with Crippen molar-refractivity contribution in [2.75, 3.05) is 0 Å². The highest BCUT2D eigenvalue weighted by atomic mass is 35.5. The van der Waals surface area contributed by atoms with Crippen molar-refractivity contribution in [3.63, 3.8) is 0 Å². The highest BCUT2D eigenvalue weighted by Gasteiger charge is 2.19. The third kappa shape index (κ3) is 2.25. The molecule has 0 bridgehead atoms. The smallest absolute Gasteiger partial charge is 0.239 e. The quantitative estimate of drug-likeness (QED) is 0.559. The predicted molar refractivity (Wildman–Crippen MR) is 43.7 cm³/mol. The van der Waals surface area contributed by atoms with Crippen LogP contribution in [0.4, 0.5) is 13.2 Å². The Morgan fingerprint density at radius 3 is 2.54 bits per heavy atom. The Balaban J connectivity index is 3.30. The first-order valence-electron chi connectivity index (χ1n) is 3.25. The third-order valence-electron chi connectivity index (χ3n) is 1.40. The van der Waals surface area contributed by atoms with Crippen LogP contribution < -0.4 is 0 Å². The summed E-state index contributed by atoms with van der Waals surface area (Å²) in [6.07, 6.45) is -2.93. The molecule has 0 unspecified atom stereocenters. The minimum atomic E-state index is -2.93. The van der Waals surface area contributed by atoms with Gasteiger partial charge in [0, 0.05) is 6.07 Å². The van der Waals surface area contributed by atoms with Gasteiger partial charge in [0.25, 0.3) is 6.43 Å². The molecular weight excluding hydrogens is 226 g/mol. The van der Waals surface area contributed by atoms with Gasteiger partial charge in [-0.1, -0.05) is 11.6 Å². The highest BCUT2D eigenvalue weighted by Crippen LogP contribution is 2.27. The molecule has 0 amide bonds. The van der Waals surface area contributed by atoms with E-state index in [9.17, 15) is 13.2 Å². The zero-order chi connectivity index (χ0) is 10.0. The van der Waals surface area contributed by atoms with Crippen molar-refractivity contribution in [3.8, 4) is 0 Å². The number of hydrogen-bond acceptors (Lipinski definition) is 1. The van der Waals surface area contributed by atoms with Gasteiger partial charge < -0.3 is 0 Å². The number of aromatic nitrogens is 1. The monoisotopic (exact) mass is 229 g/mol. The molecule has 0 aliphatic heterocycles. The van der Waals surface area contributed by atoms with Crippen LogP contribution in [0.15, 0.2) is 6.07 Å². The van der Waals surface area contributed by atoms with Gasteiger partial charge in [-0.15, -0.1) is 11.6 Å². The number of hydrogen-bond donors (Lipinski definition) is 0. The Morgan fingerprint density at radius 2 is 2.08 bits per heavy atom. The molecule has 0 aromatic carbocycles. The van der Waals surface area contributed by atoms with Crippen molar-refractivity contribution in [3.05, 3.63) is 28.3 Å². The number of nitrogens with zero attached hydrogens (tertiary/aromatic N) is 1. The Labute approximate surface area is 82.5 Å². The van der Waals surface area contributed by atoms with Crippen molar-refractivity contribution < 1.29 is 13.2 Å². The molecule has 0 radical (unpaired) electrons. The molecule has 0 aliphatic carbocycles. The summed E-state index contributed by atoms with van der Waals surface area (Å²) in [7, 11) is 0. The maximum absolute atomic E-state index is 12.9. The first kappa shape index (κ1) is 10.6. The fourth-order valence-corrected chi connectivity index (χ4v) is 1.28. The van der Waals surface area contributed by atoms with Crippen molar-refractivity contribution >= 4 is 23.2 Å². The Bertz CT molecular complexity index is 317. The third-order valence-corrected chi connectivity index (χ3v) is 1.85. The second-order valence-electron chi connectivity index (χ2n) is 2.22. The molecule has 1 aromatic heterocycles. The van der Waals surface area contributed by atoms with Crippen LogP contribution in [-0.4, -0.2) is 4.98 Å². The lowest BCUT2D eigenvalue weighted by atomic mass is 10.2. The van der Waals surface area contributed by atoms with Gasteiger partial charge >= 0.3 is 0 Å². The van der Waals surface area contributed by atoms with Crippen LogP contribution in [0.3, 0.4) is 0 Å². The van der Waals surface area contributed by atoms with E-state index in [0.717, 1.165) is 6.07 Å². The maximum Gasteiger partial charge on any atom is 0.268 e. The van der Waals surface area contributed by atoms with E-state index in [4.69, 9.17) is 23.2 Å². The SMILES string of the molecule is Fc1cc(Cl)nc(CCl)c1C(F)F. The van der Waals surface area contributed by atoms with Gasteiger partial charge in [-0.25, -0.2) is 18.2 Å². The normalized spacial score (nSPS) is 10.9. The van der Waals surface area contributed by atoms with Gasteiger partial charge in [-0.2, -0.15) is 0 Å². The molecule has 1 rings (SSSR count). The number of pyridine rings is 1. The Morgan fingerprint density at radius 1 is 1.46 bits per heavy atom. The average molecular weight is 230 g/mol. The number of alkyl halides is 3. The molecule has 0 saturated carbocycles. The van der Waals surface area contributed by atoms with Gasteiger partial charge in [-0.05, 0) is 0 Å².